The van der Waals surface area contributed by atoms with Gasteiger partial charge in [-0.05, 0) is 50.1 Å². The number of rotatable bonds is 8. The number of hydrogen-bond donors (Lipinski definition) is 2. The third kappa shape index (κ3) is 5.70. The zero-order valence-electron chi connectivity index (χ0n) is 14.6. The maximum atomic E-state index is 12.1. The third-order valence-corrected chi connectivity index (χ3v) is 3.92. The Morgan fingerprint density at radius 3 is 2.33 bits per heavy atom. The van der Waals surface area contributed by atoms with Gasteiger partial charge in [-0.1, -0.05) is 37.3 Å². The Morgan fingerprint density at radius 2 is 1.71 bits per heavy atom. The Hall–Kier alpha value is -2.33. The fourth-order valence-electron chi connectivity index (χ4n) is 2.24. The first-order valence-corrected chi connectivity index (χ1v) is 8.43. The minimum absolute atomic E-state index is 0.0617. The first kappa shape index (κ1) is 18.0. The summed E-state index contributed by atoms with van der Waals surface area (Å²) >= 11 is 0. The molecule has 0 saturated heterocycles. The largest absolute Gasteiger partial charge is 0.491 e. The second kappa shape index (κ2) is 9.08. The van der Waals surface area contributed by atoms with Gasteiger partial charge in [0.1, 0.15) is 5.75 Å². The molecule has 1 amide bonds. The minimum atomic E-state index is -0.0617. The fraction of sp³-hybridized carbons (Fsp3) is 0.350. The van der Waals surface area contributed by atoms with Crippen LogP contribution in [-0.4, -0.2) is 18.6 Å². The molecule has 0 spiro atoms. The quantitative estimate of drug-likeness (QED) is 0.766. The van der Waals surface area contributed by atoms with E-state index < -0.39 is 0 Å². The molecule has 128 valence electrons. The summed E-state index contributed by atoms with van der Waals surface area (Å²) < 4.78 is 5.73. The highest BCUT2D eigenvalue weighted by Gasteiger charge is 2.08. The van der Waals surface area contributed by atoms with Crippen LogP contribution in [0.5, 0.6) is 5.75 Å². The summed E-state index contributed by atoms with van der Waals surface area (Å²) in [6.45, 7) is 6.43. The average molecular weight is 326 g/mol. The average Bonchev–Trinajstić information content (AvgIpc) is 2.62. The van der Waals surface area contributed by atoms with Gasteiger partial charge in [0.2, 0.25) is 5.91 Å². The van der Waals surface area contributed by atoms with E-state index >= 15 is 0 Å². The van der Waals surface area contributed by atoms with E-state index in [2.05, 4.69) is 17.6 Å². The van der Waals surface area contributed by atoms with Crippen molar-refractivity contribution in [3.8, 4) is 5.75 Å². The van der Waals surface area contributed by atoms with E-state index in [4.69, 9.17) is 4.74 Å². The van der Waals surface area contributed by atoms with Gasteiger partial charge in [0, 0.05) is 11.7 Å². The molecule has 0 aromatic heterocycles. The molecule has 24 heavy (non-hydrogen) atoms. The molecule has 0 saturated carbocycles. The van der Waals surface area contributed by atoms with Gasteiger partial charge in [0.05, 0.1) is 12.6 Å². The second-order valence-corrected chi connectivity index (χ2v) is 5.92. The molecule has 2 aromatic rings. The normalized spacial score (nSPS) is 13.1. The molecular weight excluding hydrogens is 300 g/mol. The smallest absolute Gasteiger partial charge is 0.238 e. The highest BCUT2D eigenvalue weighted by Crippen LogP contribution is 2.17. The number of carbonyl (C=O) groups excluding carboxylic acids is 1. The third-order valence-electron chi connectivity index (χ3n) is 3.92. The maximum absolute atomic E-state index is 12.1. The van der Waals surface area contributed by atoms with Crippen molar-refractivity contribution in [3.63, 3.8) is 0 Å². The number of ether oxygens (including phenoxy) is 1. The van der Waals surface area contributed by atoms with Crippen LogP contribution < -0.4 is 15.4 Å². The Morgan fingerprint density at radius 1 is 1.04 bits per heavy atom. The highest BCUT2D eigenvalue weighted by atomic mass is 16.5. The lowest BCUT2D eigenvalue weighted by Crippen LogP contribution is -2.30. The predicted octanol–water partition coefficient (Wildman–Crippen LogP) is 4.15. The topological polar surface area (TPSA) is 50.4 Å². The molecule has 4 heteroatoms. The van der Waals surface area contributed by atoms with E-state index in [0.717, 1.165) is 23.4 Å². The van der Waals surface area contributed by atoms with Crippen molar-refractivity contribution >= 4 is 11.6 Å². The summed E-state index contributed by atoms with van der Waals surface area (Å²) in [7, 11) is 0. The van der Waals surface area contributed by atoms with Crippen molar-refractivity contribution in [1.29, 1.82) is 0 Å². The van der Waals surface area contributed by atoms with Crippen LogP contribution in [0.25, 0.3) is 0 Å². The maximum Gasteiger partial charge on any atom is 0.238 e. The highest BCUT2D eigenvalue weighted by molar-refractivity contribution is 5.92. The SMILES string of the molecule is CCC(C)Oc1ccc(NC(=O)CNC(C)c2ccccc2)cc1. The van der Waals surface area contributed by atoms with Gasteiger partial charge in [0.15, 0.2) is 0 Å². The van der Waals surface area contributed by atoms with Crippen molar-refractivity contribution in [2.75, 3.05) is 11.9 Å². The molecule has 2 atom stereocenters. The summed E-state index contributed by atoms with van der Waals surface area (Å²) in [5.74, 6) is 0.756. The van der Waals surface area contributed by atoms with Crippen LogP contribution in [0.4, 0.5) is 5.69 Å². The molecule has 2 N–H and O–H groups in total. The van der Waals surface area contributed by atoms with Crippen molar-refractivity contribution in [1.82, 2.24) is 5.32 Å². The Balaban J connectivity index is 1.80. The first-order chi connectivity index (χ1) is 11.6. The summed E-state index contributed by atoms with van der Waals surface area (Å²) in [5.41, 5.74) is 1.93. The lowest BCUT2D eigenvalue weighted by atomic mass is 10.1. The zero-order valence-corrected chi connectivity index (χ0v) is 14.6. The van der Waals surface area contributed by atoms with Crippen molar-refractivity contribution < 1.29 is 9.53 Å². The van der Waals surface area contributed by atoms with E-state index in [1.54, 1.807) is 0 Å². The van der Waals surface area contributed by atoms with Crippen molar-refractivity contribution in [2.45, 2.75) is 39.3 Å². The monoisotopic (exact) mass is 326 g/mol. The molecular formula is C20H26N2O2. The van der Waals surface area contributed by atoms with Gasteiger partial charge >= 0.3 is 0 Å². The van der Waals surface area contributed by atoms with E-state index in [0.29, 0.717) is 0 Å². The van der Waals surface area contributed by atoms with Gasteiger partial charge in [0.25, 0.3) is 0 Å². The summed E-state index contributed by atoms with van der Waals surface area (Å²) in [4.78, 5) is 12.1. The number of amides is 1. The molecule has 2 aromatic carbocycles. The Labute approximate surface area is 144 Å². The van der Waals surface area contributed by atoms with Crippen LogP contribution in [-0.2, 0) is 4.79 Å². The summed E-state index contributed by atoms with van der Waals surface area (Å²) in [6, 6.07) is 17.7. The van der Waals surface area contributed by atoms with Crippen LogP contribution in [0.2, 0.25) is 0 Å². The van der Waals surface area contributed by atoms with Crippen molar-refractivity contribution in [3.05, 3.63) is 60.2 Å². The molecule has 0 fully saturated rings. The lowest BCUT2D eigenvalue weighted by molar-refractivity contribution is -0.115. The van der Waals surface area contributed by atoms with Gasteiger partial charge in [-0.15, -0.1) is 0 Å². The van der Waals surface area contributed by atoms with Crippen LogP contribution in [0.1, 0.15) is 38.8 Å². The number of anilines is 1. The van der Waals surface area contributed by atoms with Crippen LogP contribution in [0.15, 0.2) is 54.6 Å². The van der Waals surface area contributed by atoms with Crippen LogP contribution in [0.3, 0.4) is 0 Å². The molecule has 0 aliphatic heterocycles. The van der Waals surface area contributed by atoms with Crippen LogP contribution >= 0.6 is 0 Å². The Kier molecular flexibility index (Phi) is 6.82. The lowest BCUT2D eigenvalue weighted by Gasteiger charge is -2.15. The van der Waals surface area contributed by atoms with E-state index in [1.165, 1.54) is 0 Å². The van der Waals surface area contributed by atoms with E-state index in [1.807, 2.05) is 68.4 Å². The number of hydrogen-bond acceptors (Lipinski definition) is 3. The molecule has 0 aliphatic carbocycles. The van der Waals surface area contributed by atoms with Gasteiger partial charge in [-0.25, -0.2) is 0 Å². The second-order valence-electron chi connectivity index (χ2n) is 5.92. The number of nitrogens with one attached hydrogen (secondary N) is 2. The van der Waals surface area contributed by atoms with Gasteiger partial charge < -0.3 is 15.4 Å². The summed E-state index contributed by atoms with van der Waals surface area (Å²) in [6.07, 6.45) is 1.15. The van der Waals surface area contributed by atoms with Crippen molar-refractivity contribution in [2.24, 2.45) is 0 Å². The fourth-order valence-corrected chi connectivity index (χ4v) is 2.24. The van der Waals surface area contributed by atoms with E-state index in [-0.39, 0.29) is 24.6 Å². The molecule has 2 rings (SSSR count). The molecule has 0 aliphatic rings. The number of carbonyl (C=O) groups is 1. The molecule has 0 radical (unpaired) electrons. The predicted molar refractivity (Wildman–Crippen MR) is 98.3 cm³/mol. The Bertz CT molecular complexity index is 626. The van der Waals surface area contributed by atoms with E-state index in [9.17, 15) is 4.79 Å². The standard InChI is InChI=1S/C20H26N2O2/c1-4-15(2)24-19-12-10-18(11-13-19)22-20(23)14-21-16(3)17-8-6-5-7-9-17/h5-13,15-16,21H,4,14H2,1-3H3,(H,22,23). The molecule has 0 heterocycles. The van der Waals surface area contributed by atoms with Gasteiger partial charge in [-0.2, -0.15) is 0 Å². The minimum Gasteiger partial charge on any atom is -0.491 e. The first-order valence-electron chi connectivity index (χ1n) is 8.43. The van der Waals surface area contributed by atoms with Gasteiger partial charge in [-0.3, -0.25) is 4.79 Å². The van der Waals surface area contributed by atoms with Crippen LogP contribution in [0, 0.1) is 0 Å². The summed E-state index contributed by atoms with van der Waals surface area (Å²) in [5, 5.41) is 6.11. The zero-order chi connectivity index (χ0) is 17.4. The molecule has 4 nitrogen and oxygen atoms in total. The molecule has 2 unspecified atom stereocenters. The number of benzene rings is 2. The molecule has 0 bridgehead atoms.